The number of aliphatic hydroxyl groups excluding tert-OH is 1. The highest BCUT2D eigenvalue weighted by atomic mass is 16.5. The van der Waals surface area contributed by atoms with E-state index in [2.05, 4.69) is 59.5 Å². The van der Waals surface area contributed by atoms with Crippen molar-refractivity contribution < 1.29 is 19.7 Å². The van der Waals surface area contributed by atoms with Crippen LogP contribution in [0, 0.1) is 0 Å². The standard InChI is InChI=1S/C27H42N4O4/c1-29(2)27(21-7-4-3-5-8-21)14-12-25(13-15-27)19-30(16-9-23(32)28-22-17-35-18-22)24(33)31(25)20-26(34)10-6-11-26/h3-5,7-8,22,24,33-34H,6,9-20H2,1-2H3,(H,28,32). The maximum absolute atomic E-state index is 12.4. The van der Waals surface area contributed by atoms with E-state index in [0.29, 0.717) is 32.7 Å². The molecule has 4 aliphatic rings. The van der Waals surface area contributed by atoms with Crippen LogP contribution in [0.25, 0.3) is 0 Å². The van der Waals surface area contributed by atoms with Crippen LogP contribution >= 0.6 is 0 Å². The van der Waals surface area contributed by atoms with Gasteiger partial charge in [0.15, 0.2) is 6.35 Å². The second-order valence-corrected chi connectivity index (χ2v) is 11.6. The molecule has 2 heterocycles. The van der Waals surface area contributed by atoms with Crippen molar-refractivity contribution in [1.29, 1.82) is 0 Å². The fraction of sp³-hybridized carbons (Fsp3) is 0.741. The predicted molar refractivity (Wildman–Crippen MR) is 133 cm³/mol. The number of rotatable bonds is 8. The minimum absolute atomic E-state index is 0.00923. The largest absolute Gasteiger partial charge is 0.389 e. The van der Waals surface area contributed by atoms with Gasteiger partial charge in [-0.1, -0.05) is 30.3 Å². The lowest BCUT2D eigenvalue weighted by atomic mass is 9.67. The molecule has 2 aliphatic carbocycles. The molecule has 1 spiro atoms. The van der Waals surface area contributed by atoms with Crippen molar-refractivity contribution in [2.75, 3.05) is 46.9 Å². The molecule has 2 saturated heterocycles. The van der Waals surface area contributed by atoms with E-state index < -0.39 is 12.0 Å². The smallest absolute Gasteiger partial charge is 0.221 e. The van der Waals surface area contributed by atoms with Crippen molar-refractivity contribution in [3.05, 3.63) is 35.9 Å². The molecule has 3 N–H and O–H groups in total. The molecule has 8 nitrogen and oxygen atoms in total. The summed E-state index contributed by atoms with van der Waals surface area (Å²) >= 11 is 0. The third kappa shape index (κ3) is 4.77. The number of ether oxygens (including phenoxy) is 1. The lowest BCUT2D eigenvalue weighted by Gasteiger charge is -2.53. The summed E-state index contributed by atoms with van der Waals surface area (Å²) in [6, 6.07) is 10.9. The first-order chi connectivity index (χ1) is 16.8. The fourth-order valence-corrected chi connectivity index (χ4v) is 6.68. The van der Waals surface area contributed by atoms with Crippen LogP contribution in [0.3, 0.4) is 0 Å². The fourth-order valence-electron chi connectivity index (χ4n) is 6.68. The van der Waals surface area contributed by atoms with Gasteiger partial charge < -0.3 is 20.3 Å². The summed E-state index contributed by atoms with van der Waals surface area (Å²) in [6.07, 6.45) is 6.07. The lowest BCUT2D eigenvalue weighted by molar-refractivity contribution is -0.145. The molecule has 1 amide bonds. The highest BCUT2D eigenvalue weighted by molar-refractivity contribution is 5.76. The van der Waals surface area contributed by atoms with Gasteiger partial charge in [-0.15, -0.1) is 0 Å². The van der Waals surface area contributed by atoms with E-state index in [4.69, 9.17) is 4.74 Å². The SMILES string of the molecule is CN(C)C1(c2ccccc2)CCC2(CC1)CN(CCC(=O)NC1COC1)C(O)N2CC1(O)CCC1. The van der Waals surface area contributed by atoms with E-state index in [9.17, 15) is 15.0 Å². The van der Waals surface area contributed by atoms with Crippen LogP contribution in [0.15, 0.2) is 30.3 Å². The Kier molecular flexibility index (Phi) is 6.98. The molecule has 1 aromatic carbocycles. The lowest BCUT2D eigenvalue weighted by Crippen LogP contribution is -2.60. The predicted octanol–water partition coefficient (Wildman–Crippen LogP) is 1.47. The number of carbonyl (C=O) groups is 1. The Morgan fingerprint density at radius 1 is 1.11 bits per heavy atom. The highest BCUT2D eigenvalue weighted by Gasteiger charge is 2.56. The Labute approximate surface area is 209 Å². The molecule has 0 aromatic heterocycles. The van der Waals surface area contributed by atoms with E-state index in [1.54, 1.807) is 0 Å². The van der Waals surface area contributed by atoms with Gasteiger partial charge in [0.05, 0.1) is 24.9 Å². The number of nitrogens with one attached hydrogen (secondary N) is 1. The van der Waals surface area contributed by atoms with Crippen molar-refractivity contribution in [2.24, 2.45) is 0 Å². The Bertz CT molecular complexity index is 878. The van der Waals surface area contributed by atoms with Gasteiger partial charge in [-0.2, -0.15) is 0 Å². The van der Waals surface area contributed by atoms with Crippen molar-refractivity contribution in [2.45, 2.75) is 80.4 Å². The van der Waals surface area contributed by atoms with E-state index in [0.717, 1.165) is 51.5 Å². The number of aliphatic hydroxyl groups is 2. The number of benzene rings is 1. The molecule has 1 aromatic rings. The number of hydrogen-bond acceptors (Lipinski definition) is 7. The maximum atomic E-state index is 12.4. The van der Waals surface area contributed by atoms with Gasteiger partial charge in [0.2, 0.25) is 5.91 Å². The van der Waals surface area contributed by atoms with Crippen LogP contribution in [0.4, 0.5) is 0 Å². The van der Waals surface area contributed by atoms with Gasteiger partial charge >= 0.3 is 0 Å². The number of nitrogens with zero attached hydrogens (tertiary/aromatic N) is 3. The Morgan fingerprint density at radius 2 is 1.80 bits per heavy atom. The first kappa shape index (κ1) is 25.1. The molecule has 8 heteroatoms. The Hall–Kier alpha value is -1.55. The zero-order chi connectivity index (χ0) is 24.7. The van der Waals surface area contributed by atoms with Crippen LogP contribution in [0.2, 0.25) is 0 Å². The Balaban J connectivity index is 1.32. The highest BCUT2D eigenvalue weighted by Crippen LogP contribution is 2.50. The van der Waals surface area contributed by atoms with E-state index in [1.807, 2.05) is 4.90 Å². The molecule has 1 atom stereocenters. The van der Waals surface area contributed by atoms with Crippen molar-refractivity contribution >= 4 is 5.91 Å². The zero-order valence-electron chi connectivity index (χ0n) is 21.3. The first-order valence-electron chi connectivity index (χ1n) is 13.3. The van der Waals surface area contributed by atoms with Crippen LogP contribution in [0.5, 0.6) is 0 Å². The van der Waals surface area contributed by atoms with Crippen LogP contribution in [-0.4, -0.2) is 101 Å². The van der Waals surface area contributed by atoms with Crippen LogP contribution < -0.4 is 5.32 Å². The molecule has 5 rings (SSSR count). The van der Waals surface area contributed by atoms with E-state index in [-0.39, 0.29) is 23.0 Å². The average Bonchev–Trinajstić information content (AvgIpc) is 3.05. The van der Waals surface area contributed by atoms with Crippen molar-refractivity contribution in [3.8, 4) is 0 Å². The second kappa shape index (κ2) is 9.72. The summed E-state index contributed by atoms with van der Waals surface area (Å²) in [5.74, 6) is 0.00923. The molecule has 194 valence electrons. The number of carbonyl (C=O) groups excluding carboxylic acids is 1. The summed E-state index contributed by atoms with van der Waals surface area (Å²) in [4.78, 5) is 19.0. The normalized spacial score (nSPS) is 33.6. The molecule has 1 unspecified atom stereocenters. The molecule has 2 aliphatic heterocycles. The average molecular weight is 487 g/mol. The van der Waals surface area contributed by atoms with Crippen LogP contribution in [-0.2, 0) is 15.1 Å². The zero-order valence-corrected chi connectivity index (χ0v) is 21.3. The molecule has 4 fully saturated rings. The molecule has 2 saturated carbocycles. The number of hydrogen-bond donors (Lipinski definition) is 3. The molecule has 35 heavy (non-hydrogen) atoms. The molecular formula is C27H42N4O4. The third-order valence-electron chi connectivity index (χ3n) is 9.27. The van der Waals surface area contributed by atoms with Gasteiger partial charge in [0.25, 0.3) is 0 Å². The monoisotopic (exact) mass is 486 g/mol. The number of amides is 1. The van der Waals surface area contributed by atoms with Gasteiger partial charge in [-0.05, 0) is 64.6 Å². The van der Waals surface area contributed by atoms with E-state index >= 15 is 0 Å². The molecule has 0 bridgehead atoms. The first-order valence-corrected chi connectivity index (χ1v) is 13.3. The number of β-amino-alcohol motifs (C(OH)–C–C–N with tert-alkyl or cyclic N) is 1. The maximum Gasteiger partial charge on any atom is 0.221 e. The Morgan fingerprint density at radius 3 is 2.34 bits per heavy atom. The van der Waals surface area contributed by atoms with Gasteiger partial charge in [-0.25, -0.2) is 0 Å². The van der Waals surface area contributed by atoms with Gasteiger partial charge in [0, 0.05) is 37.1 Å². The van der Waals surface area contributed by atoms with Crippen LogP contribution in [0.1, 0.15) is 56.9 Å². The van der Waals surface area contributed by atoms with Crippen molar-refractivity contribution in [3.63, 3.8) is 0 Å². The second-order valence-electron chi connectivity index (χ2n) is 11.6. The molecule has 0 radical (unpaired) electrons. The topological polar surface area (TPSA) is 88.5 Å². The minimum Gasteiger partial charge on any atom is -0.389 e. The summed E-state index contributed by atoms with van der Waals surface area (Å²) in [5.41, 5.74) is 0.406. The van der Waals surface area contributed by atoms with E-state index in [1.165, 1.54) is 5.56 Å². The van der Waals surface area contributed by atoms with Gasteiger partial charge in [-0.3, -0.25) is 19.5 Å². The third-order valence-corrected chi connectivity index (χ3v) is 9.27. The summed E-state index contributed by atoms with van der Waals surface area (Å²) in [5, 5.41) is 25.5. The van der Waals surface area contributed by atoms with Gasteiger partial charge in [0.1, 0.15) is 0 Å². The quantitative estimate of drug-likeness (QED) is 0.513. The summed E-state index contributed by atoms with van der Waals surface area (Å²) in [7, 11) is 4.34. The summed E-state index contributed by atoms with van der Waals surface area (Å²) in [6.45, 7) is 2.90. The minimum atomic E-state index is -0.775. The van der Waals surface area contributed by atoms with Crippen molar-refractivity contribution in [1.82, 2.24) is 20.0 Å². The summed E-state index contributed by atoms with van der Waals surface area (Å²) < 4.78 is 5.15. The molecular weight excluding hydrogens is 444 g/mol.